The molecule has 0 atom stereocenters. The van der Waals surface area contributed by atoms with Crippen LogP contribution in [0.2, 0.25) is 0 Å². The van der Waals surface area contributed by atoms with Crippen molar-refractivity contribution >= 4 is 16.7 Å². The first kappa shape index (κ1) is 17.9. The van der Waals surface area contributed by atoms with Gasteiger partial charge in [-0.15, -0.1) is 0 Å². The van der Waals surface area contributed by atoms with Crippen molar-refractivity contribution in [2.45, 2.75) is 20.5 Å². The van der Waals surface area contributed by atoms with Gasteiger partial charge >= 0.3 is 0 Å². The van der Waals surface area contributed by atoms with Gasteiger partial charge in [-0.1, -0.05) is 18.2 Å². The van der Waals surface area contributed by atoms with Crippen molar-refractivity contribution in [3.05, 3.63) is 77.6 Å². The molecule has 0 aliphatic rings. The molecule has 1 heterocycles. The molecule has 2 N–H and O–H groups in total. The van der Waals surface area contributed by atoms with Gasteiger partial charge in [0, 0.05) is 18.8 Å². The molecule has 4 aromatic rings. The Morgan fingerprint density at radius 1 is 0.893 bits per heavy atom. The Labute approximate surface area is 164 Å². The standard InChI is InChI=1S/C23H23N3O2/c1-15-11-19(12-16(2)23(15)24)28-18-9-10-20-21(13-18)26(3)22(25-20)14-27-17-7-5-4-6-8-17/h4-13H,14,24H2,1-3H3. The summed E-state index contributed by atoms with van der Waals surface area (Å²) in [6, 6.07) is 19.5. The summed E-state index contributed by atoms with van der Waals surface area (Å²) in [6.07, 6.45) is 0. The fourth-order valence-corrected chi connectivity index (χ4v) is 3.21. The molecular weight excluding hydrogens is 350 g/mol. The smallest absolute Gasteiger partial charge is 0.147 e. The number of rotatable bonds is 5. The number of benzene rings is 3. The summed E-state index contributed by atoms with van der Waals surface area (Å²) in [5.74, 6) is 3.22. The lowest BCUT2D eigenvalue weighted by molar-refractivity contribution is 0.292. The van der Waals surface area contributed by atoms with E-state index in [1.807, 2.05) is 86.1 Å². The number of anilines is 1. The molecule has 3 aromatic carbocycles. The second-order valence-corrected chi connectivity index (χ2v) is 6.91. The second-order valence-electron chi connectivity index (χ2n) is 6.91. The summed E-state index contributed by atoms with van der Waals surface area (Å²) < 4.78 is 13.9. The zero-order valence-corrected chi connectivity index (χ0v) is 16.3. The maximum absolute atomic E-state index is 6.07. The molecule has 0 unspecified atom stereocenters. The Bertz CT molecular complexity index is 1110. The topological polar surface area (TPSA) is 62.3 Å². The molecule has 0 saturated heterocycles. The van der Waals surface area contributed by atoms with Gasteiger partial charge in [-0.05, 0) is 61.4 Å². The molecule has 0 radical (unpaired) electrons. The lowest BCUT2D eigenvalue weighted by atomic mass is 10.1. The quantitative estimate of drug-likeness (QED) is 0.492. The number of nitrogens with two attached hydrogens (primary N) is 1. The van der Waals surface area contributed by atoms with E-state index in [0.29, 0.717) is 6.61 Å². The van der Waals surface area contributed by atoms with E-state index in [-0.39, 0.29) is 0 Å². The molecule has 28 heavy (non-hydrogen) atoms. The summed E-state index contributed by atoms with van der Waals surface area (Å²) in [5, 5.41) is 0. The van der Waals surface area contributed by atoms with E-state index in [1.165, 1.54) is 0 Å². The molecule has 0 aliphatic heterocycles. The van der Waals surface area contributed by atoms with Crippen LogP contribution < -0.4 is 15.2 Å². The van der Waals surface area contributed by atoms with E-state index >= 15 is 0 Å². The minimum Gasteiger partial charge on any atom is -0.486 e. The van der Waals surface area contributed by atoms with Gasteiger partial charge in [0.15, 0.2) is 0 Å². The average Bonchev–Trinajstić information content (AvgIpc) is 3.01. The highest BCUT2D eigenvalue weighted by Gasteiger charge is 2.11. The van der Waals surface area contributed by atoms with Crippen LogP contribution in [0, 0.1) is 13.8 Å². The second kappa shape index (κ2) is 7.27. The van der Waals surface area contributed by atoms with Crippen LogP contribution in [0.15, 0.2) is 60.7 Å². The maximum atomic E-state index is 6.07. The van der Waals surface area contributed by atoms with Crippen LogP contribution in [0.5, 0.6) is 17.2 Å². The predicted octanol–water partition coefficient (Wildman–Crippen LogP) is 5.14. The molecular formula is C23H23N3O2. The number of hydrogen-bond donors (Lipinski definition) is 1. The minimum atomic E-state index is 0.404. The Hall–Kier alpha value is -3.47. The summed E-state index contributed by atoms with van der Waals surface area (Å²) in [5.41, 5.74) is 10.8. The number of fused-ring (bicyclic) bond motifs is 1. The summed E-state index contributed by atoms with van der Waals surface area (Å²) in [6.45, 7) is 4.37. The van der Waals surface area contributed by atoms with Gasteiger partial charge in [0.2, 0.25) is 0 Å². The van der Waals surface area contributed by atoms with Crippen LogP contribution in [0.3, 0.4) is 0 Å². The van der Waals surface area contributed by atoms with Gasteiger partial charge in [-0.25, -0.2) is 4.98 Å². The lowest BCUT2D eigenvalue weighted by Crippen LogP contribution is -2.03. The highest BCUT2D eigenvalue weighted by molar-refractivity contribution is 5.78. The number of hydrogen-bond acceptors (Lipinski definition) is 4. The zero-order valence-electron chi connectivity index (χ0n) is 16.3. The Morgan fingerprint density at radius 2 is 1.61 bits per heavy atom. The van der Waals surface area contributed by atoms with Crippen molar-refractivity contribution in [3.8, 4) is 17.2 Å². The number of nitrogen functional groups attached to an aromatic ring is 1. The maximum Gasteiger partial charge on any atom is 0.147 e. The van der Waals surface area contributed by atoms with Crippen molar-refractivity contribution in [1.82, 2.24) is 9.55 Å². The predicted molar refractivity (Wildman–Crippen MR) is 112 cm³/mol. The number of aromatic nitrogens is 2. The fourth-order valence-electron chi connectivity index (χ4n) is 3.21. The number of ether oxygens (including phenoxy) is 2. The van der Waals surface area contributed by atoms with Crippen LogP contribution >= 0.6 is 0 Å². The molecule has 0 saturated carbocycles. The number of nitrogens with zero attached hydrogens (tertiary/aromatic N) is 2. The highest BCUT2D eigenvalue weighted by atomic mass is 16.5. The third kappa shape index (κ3) is 3.51. The van der Waals surface area contributed by atoms with Crippen molar-refractivity contribution in [2.24, 2.45) is 7.05 Å². The largest absolute Gasteiger partial charge is 0.486 e. The number of para-hydroxylation sites is 1. The molecule has 0 amide bonds. The van der Waals surface area contributed by atoms with Crippen molar-refractivity contribution in [1.29, 1.82) is 0 Å². The van der Waals surface area contributed by atoms with Gasteiger partial charge in [0.05, 0.1) is 11.0 Å². The molecule has 0 bridgehead atoms. The van der Waals surface area contributed by atoms with E-state index in [4.69, 9.17) is 15.2 Å². The fraction of sp³-hybridized carbons (Fsp3) is 0.174. The van der Waals surface area contributed by atoms with Crippen LogP contribution in [-0.4, -0.2) is 9.55 Å². The Morgan fingerprint density at radius 3 is 2.32 bits per heavy atom. The van der Waals surface area contributed by atoms with Crippen molar-refractivity contribution in [3.63, 3.8) is 0 Å². The van der Waals surface area contributed by atoms with Crippen LogP contribution in [0.1, 0.15) is 17.0 Å². The van der Waals surface area contributed by atoms with E-state index in [1.54, 1.807) is 0 Å². The molecule has 1 aromatic heterocycles. The summed E-state index contributed by atoms with van der Waals surface area (Å²) in [4.78, 5) is 4.68. The molecule has 0 fully saturated rings. The van der Waals surface area contributed by atoms with Crippen LogP contribution in [-0.2, 0) is 13.7 Å². The minimum absolute atomic E-state index is 0.404. The number of imidazole rings is 1. The first-order valence-corrected chi connectivity index (χ1v) is 9.19. The molecule has 4 rings (SSSR count). The van der Waals surface area contributed by atoms with Crippen molar-refractivity contribution < 1.29 is 9.47 Å². The van der Waals surface area contributed by atoms with Crippen LogP contribution in [0.25, 0.3) is 11.0 Å². The Balaban J connectivity index is 1.58. The van der Waals surface area contributed by atoms with E-state index in [9.17, 15) is 0 Å². The first-order chi connectivity index (χ1) is 13.5. The van der Waals surface area contributed by atoms with Gasteiger partial charge < -0.3 is 19.8 Å². The Kier molecular flexibility index (Phi) is 4.65. The lowest BCUT2D eigenvalue weighted by Gasteiger charge is -2.11. The highest BCUT2D eigenvalue weighted by Crippen LogP contribution is 2.30. The average molecular weight is 373 g/mol. The van der Waals surface area contributed by atoms with E-state index in [2.05, 4.69) is 4.98 Å². The van der Waals surface area contributed by atoms with Gasteiger partial charge in [-0.2, -0.15) is 0 Å². The monoisotopic (exact) mass is 373 g/mol. The summed E-state index contributed by atoms with van der Waals surface area (Å²) in [7, 11) is 1.99. The zero-order chi connectivity index (χ0) is 19.7. The molecule has 5 nitrogen and oxygen atoms in total. The van der Waals surface area contributed by atoms with Crippen molar-refractivity contribution in [2.75, 3.05) is 5.73 Å². The first-order valence-electron chi connectivity index (χ1n) is 9.19. The van der Waals surface area contributed by atoms with Gasteiger partial charge in [0.1, 0.15) is 29.7 Å². The molecule has 5 heteroatoms. The van der Waals surface area contributed by atoms with E-state index in [0.717, 1.165) is 50.9 Å². The normalized spacial score (nSPS) is 11.0. The molecule has 0 aliphatic carbocycles. The molecule has 0 spiro atoms. The molecule has 142 valence electrons. The van der Waals surface area contributed by atoms with Gasteiger partial charge in [-0.3, -0.25) is 0 Å². The SMILES string of the molecule is Cc1cc(Oc2ccc3nc(COc4ccccc4)n(C)c3c2)cc(C)c1N. The third-order valence-corrected chi connectivity index (χ3v) is 4.86. The number of aryl methyl sites for hydroxylation is 3. The van der Waals surface area contributed by atoms with Gasteiger partial charge in [0.25, 0.3) is 0 Å². The third-order valence-electron chi connectivity index (χ3n) is 4.86. The summed E-state index contributed by atoms with van der Waals surface area (Å²) >= 11 is 0. The van der Waals surface area contributed by atoms with E-state index < -0.39 is 0 Å². The van der Waals surface area contributed by atoms with Crippen LogP contribution in [0.4, 0.5) is 5.69 Å².